The standard InChI is InChI=1S/C23H26N4O2/c1-3-17-6-8-18(9-7-17)21-15-24-12-13-26(21)23(29)20-14-22(28)27(25-20)19-10-4-16(2)5-11-19/h4-11,14,21,24-25H,3,12-13,15H2,1-2H3. The van der Waals surface area contributed by atoms with Gasteiger partial charge in [0.2, 0.25) is 0 Å². The van der Waals surface area contributed by atoms with Crippen molar-refractivity contribution < 1.29 is 4.79 Å². The summed E-state index contributed by atoms with van der Waals surface area (Å²) in [5, 5.41) is 6.37. The highest BCUT2D eigenvalue weighted by atomic mass is 16.2. The maximum Gasteiger partial charge on any atom is 0.272 e. The predicted octanol–water partition coefficient (Wildman–Crippen LogP) is 2.82. The maximum absolute atomic E-state index is 13.3. The van der Waals surface area contributed by atoms with Gasteiger partial charge in [0.25, 0.3) is 11.5 Å². The van der Waals surface area contributed by atoms with E-state index in [0.29, 0.717) is 24.5 Å². The molecule has 1 saturated heterocycles. The third-order valence-corrected chi connectivity index (χ3v) is 5.52. The summed E-state index contributed by atoms with van der Waals surface area (Å²) in [5.41, 5.74) is 4.27. The number of hydrogen-bond acceptors (Lipinski definition) is 3. The highest BCUT2D eigenvalue weighted by molar-refractivity contribution is 5.92. The van der Waals surface area contributed by atoms with E-state index in [0.717, 1.165) is 24.1 Å². The molecule has 2 N–H and O–H groups in total. The van der Waals surface area contributed by atoms with E-state index >= 15 is 0 Å². The van der Waals surface area contributed by atoms with Crippen LogP contribution in [0, 0.1) is 6.92 Å². The number of benzene rings is 2. The Labute approximate surface area is 170 Å². The molecule has 150 valence electrons. The van der Waals surface area contributed by atoms with Crippen LogP contribution in [-0.2, 0) is 6.42 Å². The van der Waals surface area contributed by atoms with E-state index in [-0.39, 0.29) is 17.5 Å². The summed E-state index contributed by atoms with van der Waals surface area (Å²) >= 11 is 0. The molecule has 1 aliphatic heterocycles. The molecule has 0 bridgehead atoms. The second-order valence-electron chi connectivity index (χ2n) is 7.49. The Morgan fingerprint density at radius 1 is 1.10 bits per heavy atom. The maximum atomic E-state index is 13.3. The minimum Gasteiger partial charge on any atom is -0.328 e. The number of aromatic nitrogens is 2. The summed E-state index contributed by atoms with van der Waals surface area (Å²) in [6.45, 7) is 6.14. The molecule has 1 amide bonds. The van der Waals surface area contributed by atoms with Gasteiger partial charge in [-0.3, -0.25) is 14.7 Å². The summed E-state index contributed by atoms with van der Waals surface area (Å²) in [5.74, 6) is -0.154. The number of hydrogen-bond donors (Lipinski definition) is 2. The molecule has 0 aliphatic carbocycles. The molecule has 0 spiro atoms. The van der Waals surface area contributed by atoms with Crippen molar-refractivity contribution in [1.29, 1.82) is 0 Å². The topological polar surface area (TPSA) is 70.1 Å². The molecule has 0 radical (unpaired) electrons. The first-order valence-electron chi connectivity index (χ1n) is 10.1. The molecule has 6 heteroatoms. The Kier molecular flexibility index (Phi) is 5.36. The third-order valence-electron chi connectivity index (χ3n) is 5.52. The van der Waals surface area contributed by atoms with Crippen LogP contribution in [0.15, 0.2) is 59.4 Å². The molecule has 1 unspecified atom stereocenters. The molecule has 3 aromatic rings. The van der Waals surface area contributed by atoms with Crippen LogP contribution >= 0.6 is 0 Å². The molecule has 4 rings (SSSR count). The van der Waals surface area contributed by atoms with Crippen molar-refractivity contribution in [2.75, 3.05) is 19.6 Å². The quantitative estimate of drug-likeness (QED) is 0.720. The molecular weight excluding hydrogens is 364 g/mol. The summed E-state index contributed by atoms with van der Waals surface area (Å²) in [6, 6.07) is 17.4. The highest BCUT2D eigenvalue weighted by Crippen LogP contribution is 2.24. The fraction of sp³-hybridized carbons (Fsp3) is 0.304. The smallest absolute Gasteiger partial charge is 0.272 e. The Bertz CT molecular complexity index is 1050. The van der Waals surface area contributed by atoms with Gasteiger partial charge < -0.3 is 10.2 Å². The molecule has 6 nitrogen and oxygen atoms in total. The lowest BCUT2D eigenvalue weighted by molar-refractivity contribution is 0.0627. The zero-order valence-corrected chi connectivity index (χ0v) is 16.8. The van der Waals surface area contributed by atoms with Crippen molar-refractivity contribution in [2.24, 2.45) is 0 Å². The van der Waals surface area contributed by atoms with Crippen LogP contribution in [0.4, 0.5) is 0 Å². The Morgan fingerprint density at radius 2 is 1.83 bits per heavy atom. The van der Waals surface area contributed by atoms with Crippen molar-refractivity contribution in [2.45, 2.75) is 26.3 Å². The van der Waals surface area contributed by atoms with Crippen LogP contribution in [0.1, 0.15) is 40.1 Å². The Hall–Kier alpha value is -3.12. The van der Waals surface area contributed by atoms with Gasteiger partial charge in [0.15, 0.2) is 0 Å². The van der Waals surface area contributed by atoms with E-state index in [9.17, 15) is 9.59 Å². The van der Waals surface area contributed by atoms with E-state index in [2.05, 4.69) is 41.6 Å². The summed E-state index contributed by atoms with van der Waals surface area (Å²) in [4.78, 5) is 27.6. The molecule has 1 aliphatic rings. The number of aromatic amines is 1. The van der Waals surface area contributed by atoms with Gasteiger partial charge in [0.05, 0.1) is 11.7 Å². The van der Waals surface area contributed by atoms with Crippen molar-refractivity contribution in [1.82, 2.24) is 20.0 Å². The minimum atomic E-state index is -0.240. The number of carbonyl (C=O) groups is 1. The average Bonchev–Trinajstić information content (AvgIpc) is 3.15. The fourth-order valence-corrected chi connectivity index (χ4v) is 3.77. The number of carbonyl (C=O) groups excluding carboxylic acids is 1. The second-order valence-corrected chi connectivity index (χ2v) is 7.49. The SMILES string of the molecule is CCc1ccc(C2CNCCN2C(=O)c2cc(=O)n(-c3ccc(C)cc3)[nH]2)cc1. The second kappa shape index (κ2) is 8.09. The van der Waals surface area contributed by atoms with Gasteiger partial charge in [-0.05, 0) is 36.6 Å². The van der Waals surface area contributed by atoms with Crippen LogP contribution in [-0.4, -0.2) is 40.2 Å². The molecule has 1 aromatic heterocycles. The lowest BCUT2D eigenvalue weighted by atomic mass is 10.0. The van der Waals surface area contributed by atoms with Gasteiger partial charge >= 0.3 is 0 Å². The van der Waals surface area contributed by atoms with Gasteiger partial charge in [0, 0.05) is 25.7 Å². The van der Waals surface area contributed by atoms with Crippen molar-refractivity contribution >= 4 is 5.91 Å². The summed E-state index contributed by atoms with van der Waals surface area (Å²) in [6.07, 6.45) is 0.986. The van der Waals surface area contributed by atoms with Gasteiger partial charge in [-0.15, -0.1) is 0 Å². The van der Waals surface area contributed by atoms with Crippen molar-refractivity contribution in [3.05, 3.63) is 87.3 Å². The van der Waals surface area contributed by atoms with Crippen molar-refractivity contribution in [3.63, 3.8) is 0 Å². The van der Waals surface area contributed by atoms with E-state index in [1.165, 1.54) is 16.3 Å². The molecule has 2 heterocycles. The minimum absolute atomic E-state index is 0.0617. The van der Waals surface area contributed by atoms with Crippen LogP contribution in [0.2, 0.25) is 0 Å². The number of piperazine rings is 1. The van der Waals surface area contributed by atoms with Crippen LogP contribution in [0.5, 0.6) is 0 Å². The first-order valence-corrected chi connectivity index (χ1v) is 10.1. The lowest BCUT2D eigenvalue weighted by Gasteiger charge is -2.36. The molecular formula is C23H26N4O2. The van der Waals surface area contributed by atoms with Crippen LogP contribution < -0.4 is 10.9 Å². The first kappa shape index (κ1) is 19.2. The van der Waals surface area contributed by atoms with Crippen LogP contribution in [0.25, 0.3) is 5.69 Å². The number of nitrogens with one attached hydrogen (secondary N) is 2. The largest absolute Gasteiger partial charge is 0.328 e. The third kappa shape index (κ3) is 3.89. The fourth-order valence-electron chi connectivity index (χ4n) is 3.77. The number of rotatable bonds is 4. The van der Waals surface area contributed by atoms with E-state index in [4.69, 9.17) is 0 Å². The summed E-state index contributed by atoms with van der Waals surface area (Å²) in [7, 11) is 0. The first-order chi connectivity index (χ1) is 14.1. The Balaban J connectivity index is 1.62. The highest BCUT2D eigenvalue weighted by Gasteiger charge is 2.30. The normalized spacial score (nSPS) is 16.8. The average molecular weight is 390 g/mol. The van der Waals surface area contributed by atoms with Gasteiger partial charge in [-0.25, -0.2) is 4.68 Å². The molecule has 0 saturated carbocycles. The number of H-pyrrole nitrogens is 1. The predicted molar refractivity (Wildman–Crippen MR) is 114 cm³/mol. The van der Waals surface area contributed by atoms with Crippen LogP contribution in [0.3, 0.4) is 0 Å². The molecule has 29 heavy (non-hydrogen) atoms. The lowest BCUT2D eigenvalue weighted by Crippen LogP contribution is -2.48. The van der Waals surface area contributed by atoms with Crippen molar-refractivity contribution in [3.8, 4) is 5.69 Å². The zero-order valence-electron chi connectivity index (χ0n) is 16.8. The van der Waals surface area contributed by atoms with E-state index < -0.39 is 0 Å². The molecule has 1 atom stereocenters. The Morgan fingerprint density at radius 3 is 2.52 bits per heavy atom. The summed E-state index contributed by atoms with van der Waals surface area (Å²) < 4.78 is 1.42. The van der Waals surface area contributed by atoms with Gasteiger partial charge in [-0.1, -0.05) is 48.9 Å². The molecule has 2 aromatic carbocycles. The number of nitrogens with zero attached hydrogens (tertiary/aromatic N) is 2. The molecule has 1 fully saturated rings. The number of aryl methyl sites for hydroxylation is 2. The zero-order chi connectivity index (χ0) is 20.4. The van der Waals surface area contributed by atoms with E-state index in [1.807, 2.05) is 36.1 Å². The van der Waals surface area contributed by atoms with Gasteiger partial charge in [-0.2, -0.15) is 0 Å². The monoisotopic (exact) mass is 390 g/mol. The van der Waals surface area contributed by atoms with E-state index in [1.54, 1.807) is 0 Å². The number of amides is 1. The van der Waals surface area contributed by atoms with Gasteiger partial charge in [0.1, 0.15) is 5.69 Å².